The van der Waals surface area contributed by atoms with Gasteiger partial charge in [-0.25, -0.2) is 4.98 Å². The quantitative estimate of drug-likeness (QED) is 0.753. The highest BCUT2D eigenvalue weighted by atomic mass is 35.5. The number of halogens is 1. The Morgan fingerprint density at radius 3 is 2.44 bits per heavy atom. The van der Waals surface area contributed by atoms with Crippen molar-refractivity contribution in [1.29, 1.82) is 0 Å². The smallest absolute Gasteiger partial charge is 0.210 e. The number of hydrogen-bond acceptors (Lipinski definition) is 2. The Morgan fingerprint density at radius 1 is 1.25 bits per heavy atom. The lowest BCUT2D eigenvalue weighted by Gasteiger charge is -1.99. The van der Waals surface area contributed by atoms with Gasteiger partial charge in [-0.15, -0.1) is 11.6 Å². The molecule has 0 aliphatic rings. The minimum atomic E-state index is 0.313. The molecule has 0 saturated heterocycles. The van der Waals surface area contributed by atoms with Crippen molar-refractivity contribution in [3.05, 3.63) is 41.4 Å². The predicted octanol–water partition coefficient (Wildman–Crippen LogP) is 3.95. The van der Waals surface area contributed by atoms with Crippen molar-refractivity contribution in [3.8, 4) is 11.3 Å². The second-order valence-corrected chi connectivity index (χ2v) is 3.97. The Labute approximate surface area is 100 Å². The predicted molar refractivity (Wildman–Crippen MR) is 65.6 cm³/mol. The van der Waals surface area contributed by atoms with E-state index >= 15 is 0 Å². The van der Waals surface area contributed by atoms with Crippen molar-refractivity contribution >= 4 is 11.6 Å². The Bertz CT molecular complexity index is 473. The maximum Gasteiger partial charge on any atom is 0.210 e. The van der Waals surface area contributed by atoms with Gasteiger partial charge in [-0.1, -0.05) is 31.2 Å². The van der Waals surface area contributed by atoms with Crippen LogP contribution in [0, 0.1) is 6.92 Å². The summed E-state index contributed by atoms with van der Waals surface area (Å²) in [6, 6.07) is 8.34. The summed E-state index contributed by atoms with van der Waals surface area (Å²) in [7, 11) is 0. The summed E-state index contributed by atoms with van der Waals surface area (Å²) in [6.07, 6.45) is 1.04. The van der Waals surface area contributed by atoms with Gasteiger partial charge >= 0.3 is 0 Å². The highest BCUT2D eigenvalue weighted by Gasteiger charge is 2.10. The zero-order chi connectivity index (χ0) is 11.5. The fraction of sp³-hybridized carbons (Fsp3) is 0.308. The number of aryl methyl sites for hydroxylation is 2. The van der Waals surface area contributed by atoms with Gasteiger partial charge in [-0.2, -0.15) is 0 Å². The molecule has 0 bridgehead atoms. The lowest BCUT2D eigenvalue weighted by molar-refractivity contribution is 0.528. The van der Waals surface area contributed by atoms with Gasteiger partial charge in [0.05, 0.1) is 11.6 Å². The SMILES string of the molecule is CCc1ccc(-c2oc(CCl)nc2C)cc1. The third-order valence-electron chi connectivity index (χ3n) is 2.58. The Kier molecular flexibility index (Phi) is 3.30. The average molecular weight is 236 g/mol. The molecule has 0 N–H and O–H groups in total. The minimum Gasteiger partial charge on any atom is -0.439 e. The number of oxazole rings is 1. The Hall–Kier alpha value is -1.28. The van der Waals surface area contributed by atoms with Gasteiger partial charge in [0.25, 0.3) is 0 Å². The topological polar surface area (TPSA) is 26.0 Å². The summed E-state index contributed by atoms with van der Waals surface area (Å²) in [5, 5.41) is 0. The number of rotatable bonds is 3. The van der Waals surface area contributed by atoms with Crippen LogP contribution >= 0.6 is 11.6 Å². The Morgan fingerprint density at radius 2 is 1.94 bits per heavy atom. The lowest BCUT2D eigenvalue weighted by atomic mass is 10.1. The van der Waals surface area contributed by atoms with E-state index in [0.29, 0.717) is 11.8 Å². The summed E-state index contributed by atoms with van der Waals surface area (Å²) in [6.45, 7) is 4.07. The number of nitrogens with zero attached hydrogens (tertiary/aromatic N) is 1. The van der Waals surface area contributed by atoms with Crippen LogP contribution in [0.3, 0.4) is 0 Å². The first-order valence-corrected chi connectivity index (χ1v) is 5.89. The minimum absolute atomic E-state index is 0.313. The molecule has 0 atom stereocenters. The van der Waals surface area contributed by atoms with Crippen LogP contribution in [0.25, 0.3) is 11.3 Å². The van der Waals surface area contributed by atoms with Crippen LogP contribution in [0.1, 0.15) is 24.1 Å². The van der Waals surface area contributed by atoms with Gasteiger partial charge in [0, 0.05) is 5.56 Å². The number of hydrogen-bond donors (Lipinski definition) is 0. The molecule has 0 saturated carbocycles. The van der Waals surface area contributed by atoms with Gasteiger partial charge in [0.2, 0.25) is 5.89 Å². The van der Waals surface area contributed by atoms with Gasteiger partial charge in [-0.05, 0) is 18.9 Å². The summed E-state index contributed by atoms with van der Waals surface area (Å²) in [4.78, 5) is 4.25. The van der Waals surface area contributed by atoms with E-state index < -0.39 is 0 Å². The van der Waals surface area contributed by atoms with E-state index in [2.05, 4.69) is 36.2 Å². The van der Waals surface area contributed by atoms with Crippen LogP contribution < -0.4 is 0 Å². The van der Waals surface area contributed by atoms with Crippen molar-refractivity contribution in [3.63, 3.8) is 0 Å². The van der Waals surface area contributed by atoms with Gasteiger partial charge in [0.1, 0.15) is 0 Å². The number of aromatic nitrogens is 1. The van der Waals surface area contributed by atoms with Crippen LogP contribution in [0.5, 0.6) is 0 Å². The van der Waals surface area contributed by atoms with E-state index in [-0.39, 0.29) is 0 Å². The van der Waals surface area contributed by atoms with Gasteiger partial charge in [0.15, 0.2) is 5.76 Å². The Balaban J connectivity index is 2.38. The summed E-state index contributed by atoms with van der Waals surface area (Å²) in [5.74, 6) is 1.71. The fourth-order valence-corrected chi connectivity index (χ4v) is 1.78. The zero-order valence-corrected chi connectivity index (χ0v) is 10.2. The normalized spacial score (nSPS) is 10.7. The monoisotopic (exact) mass is 235 g/mol. The molecule has 2 rings (SSSR count). The molecule has 1 heterocycles. The largest absolute Gasteiger partial charge is 0.439 e. The van der Waals surface area contributed by atoms with Crippen molar-refractivity contribution < 1.29 is 4.42 Å². The first-order chi connectivity index (χ1) is 7.74. The molecule has 3 heteroatoms. The maximum atomic E-state index is 5.69. The fourth-order valence-electron chi connectivity index (χ4n) is 1.67. The molecular weight excluding hydrogens is 222 g/mol. The van der Waals surface area contributed by atoms with E-state index in [0.717, 1.165) is 23.4 Å². The molecule has 2 nitrogen and oxygen atoms in total. The van der Waals surface area contributed by atoms with Crippen molar-refractivity contribution in [2.75, 3.05) is 0 Å². The molecule has 0 unspecified atom stereocenters. The third kappa shape index (κ3) is 2.12. The van der Waals surface area contributed by atoms with Crippen LogP contribution in [0.2, 0.25) is 0 Å². The van der Waals surface area contributed by atoms with Crippen molar-refractivity contribution in [1.82, 2.24) is 4.98 Å². The number of benzene rings is 1. The van der Waals surface area contributed by atoms with E-state index in [1.165, 1.54) is 5.56 Å². The average Bonchev–Trinajstić information content (AvgIpc) is 2.71. The second kappa shape index (κ2) is 4.71. The lowest BCUT2D eigenvalue weighted by Crippen LogP contribution is -1.82. The molecule has 84 valence electrons. The molecule has 16 heavy (non-hydrogen) atoms. The molecule has 1 aromatic carbocycles. The van der Waals surface area contributed by atoms with Gasteiger partial charge in [-0.3, -0.25) is 0 Å². The second-order valence-electron chi connectivity index (χ2n) is 3.71. The first-order valence-electron chi connectivity index (χ1n) is 5.36. The first kappa shape index (κ1) is 11.2. The molecule has 0 amide bonds. The van der Waals surface area contributed by atoms with Crippen LogP contribution in [0.4, 0.5) is 0 Å². The molecule has 0 fully saturated rings. The van der Waals surface area contributed by atoms with Crippen LogP contribution in [-0.4, -0.2) is 4.98 Å². The molecule has 2 aromatic rings. The molecule has 0 radical (unpaired) electrons. The summed E-state index contributed by atoms with van der Waals surface area (Å²) >= 11 is 5.69. The van der Waals surface area contributed by atoms with E-state index in [1.54, 1.807) is 0 Å². The number of alkyl halides is 1. The summed E-state index contributed by atoms with van der Waals surface area (Å²) < 4.78 is 5.58. The molecular formula is C13H14ClNO. The van der Waals surface area contributed by atoms with Crippen LogP contribution in [-0.2, 0) is 12.3 Å². The summed E-state index contributed by atoms with van der Waals surface area (Å²) in [5.41, 5.74) is 3.26. The van der Waals surface area contributed by atoms with E-state index in [4.69, 9.17) is 16.0 Å². The molecule has 0 aliphatic heterocycles. The van der Waals surface area contributed by atoms with Crippen molar-refractivity contribution in [2.24, 2.45) is 0 Å². The standard InChI is InChI=1S/C13H14ClNO/c1-3-10-4-6-11(7-5-10)13-9(2)15-12(8-14)16-13/h4-7H,3,8H2,1-2H3. The van der Waals surface area contributed by atoms with Crippen LogP contribution in [0.15, 0.2) is 28.7 Å². The highest BCUT2D eigenvalue weighted by molar-refractivity contribution is 6.16. The van der Waals surface area contributed by atoms with E-state index in [1.807, 2.05) is 6.92 Å². The highest BCUT2D eigenvalue weighted by Crippen LogP contribution is 2.25. The third-order valence-corrected chi connectivity index (χ3v) is 2.81. The molecule has 0 aliphatic carbocycles. The zero-order valence-electron chi connectivity index (χ0n) is 9.46. The van der Waals surface area contributed by atoms with Crippen molar-refractivity contribution in [2.45, 2.75) is 26.1 Å². The molecule has 0 spiro atoms. The van der Waals surface area contributed by atoms with Gasteiger partial charge < -0.3 is 4.42 Å². The molecule has 1 aromatic heterocycles. The maximum absolute atomic E-state index is 5.69. The van der Waals surface area contributed by atoms with E-state index in [9.17, 15) is 0 Å².